The van der Waals surface area contributed by atoms with Gasteiger partial charge < -0.3 is 11.1 Å². The number of hydrogen-bond acceptors (Lipinski definition) is 3. The molecule has 0 aliphatic carbocycles. The van der Waals surface area contributed by atoms with Crippen molar-refractivity contribution in [1.29, 1.82) is 0 Å². The summed E-state index contributed by atoms with van der Waals surface area (Å²) in [5, 5.41) is 6.84. The number of nitrogens with two attached hydrogens (primary N) is 1. The zero-order valence-corrected chi connectivity index (χ0v) is 11.4. The van der Waals surface area contributed by atoms with Gasteiger partial charge in [-0.2, -0.15) is 5.10 Å². The van der Waals surface area contributed by atoms with E-state index < -0.39 is 0 Å². The molecule has 0 aliphatic rings. The molecule has 0 saturated heterocycles. The fraction of sp³-hybridized carbons (Fsp3) is 0.167. The predicted molar refractivity (Wildman–Crippen MR) is 72.9 cm³/mol. The second-order valence-corrected chi connectivity index (χ2v) is 4.80. The first-order valence-electron chi connectivity index (χ1n) is 5.37. The van der Waals surface area contributed by atoms with Gasteiger partial charge in [-0.15, -0.1) is 0 Å². The highest BCUT2D eigenvalue weighted by Crippen LogP contribution is 2.20. The summed E-state index contributed by atoms with van der Waals surface area (Å²) in [7, 11) is 1.83. The minimum absolute atomic E-state index is 0.155. The number of amides is 1. The molecular formula is C12H13BrN4O. The lowest BCUT2D eigenvalue weighted by molar-refractivity contribution is 0.0951. The molecule has 2 aromatic rings. The molecule has 94 valence electrons. The fourth-order valence-corrected chi connectivity index (χ4v) is 1.78. The summed E-state index contributed by atoms with van der Waals surface area (Å²) < 4.78 is 2.48. The second-order valence-electron chi connectivity index (χ2n) is 3.94. The van der Waals surface area contributed by atoms with Gasteiger partial charge in [0.15, 0.2) is 0 Å². The molecule has 0 aliphatic heterocycles. The Morgan fingerprint density at radius 3 is 2.94 bits per heavy atom. The van der Waals surface area contributed by atoms with Crippen LogP contribution in [-0.4, -0.2) is 15.7 Å². The first-order chi connectivity index (χ1) is 8.56. The van der Waals surface area contributed by atoms with Crippen LogP contribution in [0.1, 0.15) is 15.9 Å². The number of benzene rings is 1. The number of nitrogens with zero attached hydrogens (tertiary/aromatic N) is 2. The molecule has 0 saturated carbocycles. The largest absolute Gasteiger partial charge is 0.398 e. The predicted octanol–water partition coefficient (Wildman–Crippen LogP) is 1.69. The molecular weight excluding hydrogens is 296 g/mol. The average Bonchev–Trinajstić information content (AvgIpc) is 2.75. The maximum Gasteiger partial charge on any atom is 0.251 e. The van der Waals surface area contributed by atoms with Gasteiger partial charge in [0.1, 0.15) is 0 Å². The smallest absolute Gasteiger partial charge is 0.251 e. The maximum absolute atomic E-state index is 11.9. The Hall–Kier alpha value is -1.82. The highest BCUT2D eigenvalue weighted by Gasteiger charge is 2.07. The van der Waals surface area contributed by atoms with Crippen LogP contribution in [0.25, 0.3) is 0 Å². The number of carbonyl (C=O) groups is 1. The van der Waals surface area contributed by atoms with E-state index in [4.69, 9.17) is 5.73 Å². The number of rotatable bonds is 3. The summed E-state index contributed by atoms with van der Waals surface area (Å²) >= 11 is 3.29. The van der Waals surface area contributed by atoms with Gasteiger partial charge in [0.05, 0.1) is 6.20 Å². The van der Waals surface area contributed by atoms with Crippen molar-refractivity contribution in [2.75, 3.05) is 5.73 Å². The SMILES string of the molecule is Cn1cc(CNC(=O)c2ccc(Br)c(N)c2)cn1. The minimum atomic E-state index is -0.155. The van der Waals surface area contributed by atoms with Crippen LogP contribution in [0, 0.1) is 0 Å². The Labute approximate surface area is 113 Å². The molecule has 0 atom stereocenters. The molecule has 0 fully saturated rings. The lowest BCUT2D eigenvalue weighted by Gasteiger charge is -2.05. The summed E-state index contributed by atoms with van der Waals surface area (Å²) in [6.07, 6.45) is 3.58. The zero-order chi connectivity index (χ0) is 13.1. The number of aromatic nitrogens is 2. The van der Waals surface area contributed by atoms with Crippen molar-refractivity contribution < 1.29 is 4.79 Å². The van der Waals surface area contributed by atoms with Crippen LogP contribution in [0.15, 0.2) is 35.1 Å². The molecule has 0 unspecified atom stereocenters. The Balaban J connectivity index is 2.01. The average molecular weight is 309 g/mol. The number of aryl methyl sites for hydroxylation is 1. The molecule has 6 heteroatoms. The highest BCUT2D eigenvalue weighted by molar-refractivity contribution is 9.10. The molecule has 1 amide bonds. The van der Waals surface area contributed by atoms with Gasteiger partial charge in [0.25, 0.3) is 5.91 Å². The third-order valence-electron chi connectivity index (χ3n) is 2.47. The van der Waals surface area contributed by atoms with E-state index in [0.717, 1.165) is 10.0 Å². The zero-order valence-electron chi connectivity index (χ0n) is 9.85. The minimum Gasteiger partial charge on any atom is -0.398 e. The van der Waals surface area contributed by atoms with E-state index in [-0.39, 0.29) is 5.91 Å². The number of hydrogen-bond donors (Lipinski definition) is 2. The van der Waals surface area contributed by atoms with E-state index in [1.807, 2.05) is 13.2 Å². The third-order valence-corrected chi connectivity index (χ3v) is 3.19. The first-order valence-corrected chi connectivity index (χ1v) is 6.16. The second kappa shape index (κ2) is 5.22. The van der Waals surface area contributed by atoms with Crippen LogP contribution < -0.4 is 11.1 Å². The van der Waals surface area contributed by atoms with Crippen LogP contribution in [-0.2, 0) is 13.6 Å². The Bertz CT molecular complexity index is 579. The van der Waals surface area contributed by atoms with Crippen molar-refractivity contribution in [1.82, 2.24) is 15.1 Å². The molecule has 1 heterocycles. The molecule has 0 radical (unpaired) electrons. The summed E-state index contributed by atoms with van der Waals surface area (Å²) in [6.45, 7) is 0.447. The lowest BCUT2D eigenvalue weighted by atomic mass is 10.2. The van der Waals surface area contributed by atoms with Crippen molar-refractivity contribution in [2.45, 2.75) is 6.54 Å². The van der Waals surface area contributed by atoms with Crippen LogP contribution in [0.3, 0.4) is 0 Å². The summed E-state index contributed by atoms with van der Waals surface area (Å²) in [5.74, 6) is -0.155. The first kappa shape index (κ1) is 12.6. The van der Waals surface area contributed by atoms with Crippen LogP contribution in [0.2, 0.25) is 0 Å². The number of carbonyl (C=O) groups excluding carboxylic acids is 1. The molecule has 0 spiro atoms. The van der Waals surface area contributed by atoms with Gasteiger partial charge in [-0.3, -0.25) is 9.48 Å². The van der Waals surface area contributed by atoms with Gasteiger partial charge in [0.2, 0.25) is 0 Å². The molecule has 18 heavy (non-hydrogen) atoms. The molecule has 5 nitrogen and oxygen atoms in total. The maximum atomic E-state index is 11.9. The quantitative estimate of drug-likeness (QED) is 0.848. The van der Waals surface area contributed by atoms with E-state index in [9.17, 15) is 4.79 Å². The lowest BCUT2D eigenvalue weighted by Crippen LogP contribution is -2.22. The van der Waals surface area contributed by atoms with Crippen LogP contribution in [0.4, 0.5) is 5.69 Å². The number of nitrogens with one attached hydrogen (secondary N) is 1. The molecule has 1 aromatic carbocycles. The van der Waals surface area contributed by atoms with E-state index in [2.05, 4.69) is 26.3 Å². The van der Waals surface area contributed by atoms with Gasteiger partial charge in [-0.05, 0) is 34.1 Å². The molecule has 3 N–H and O–H groups in total. The Kier molecular flexibility index (Phi) is 3.66. The Morgan fingerprint density at radius 1 is 1.56 bits per heavy atom. The van der Waals surface area contributed by atoms with E-state index >= 15 is 0 Å². The van der Waals surface area contributed by atoms with Gasteiger partial charge in [-0.25, -0.2) is 0 Å². The monoisotopic (exact) mass is 308 g/mol. The topological polar surface area (TPSA) is 72.9 Å². The Morgan fingerprint density at radius 2 is 2.33 bits per heavy atom. The van der Waals surface area contributed by atoms with Crippen molar-refractivity contribution in [3.05, 3.63) is 46.2 Å². The third kappa shape index (κ3) is 2.89. The normalized spacial score (nSPS) is 10.3. The summed E-state index contributed by atoms with van der Waals surface area (Å²) in [5.41, 5.74) is 7.77. The molecule has 1 aromatic heterocycles. The number of anilines is 1. The van der Waals surface area contributed by atoms with Crippen LogP contribution in [0.5, 0.6) is 0 Å². The van der Waals surface area contributed by atoms with Gasteiger partial charge >= 0.3 is 0 Å². The number of nitrogen functional groups attached to an aromatic ring is 1. The van der Waals surface area contributed by atoms with E-state index in [1.54, 1.807) is 29.1 Å². The standard InChI is InChI=1S/C12H13BrN4O/c1-17-7-8(6-16-17)5-15-12(18)9-2-3-10(13)11(14)4-9/h2-4,6-7H,5,14H2,1H3,(H,15,18). The van der Waals surface area contributed by atoms with E-state index in [0.29, 0.717) is 17.8 Å². The van der Waals surface area contributed by atoms with Gasteiger partial charge in [-0.1, -0.05) is 0 Å². The fourth-order valence-electron chi connectivity index (χ4n) is 1.53. The van der Waals surface area contributed by atoms with Crippen LogP contribution >= 0.6 is 15.9 Å². The van der Waals surface area contributed by atoms with Crippen molar-refractivity contribution in [2.24, 2.45) is 7.05 Å². The highest BCUT2D eigenvalue weighted by atomic mass is 79.9. The molecule has 0 bridgehead atoms. The van der Waals surface area contributed by atoms with Crippen molar-refractivity contribution >= 4 is 27.5 Å². The van der Waals surface area contributed by atoms with Gasteiger partial charge in [0, 0.05) is 41.1 Å². The van der Waals surface area contributed by atoms with Crippen molar-refractivity contribution in [3.8, 4) is 0 Å². The van der Waals surface area contributed by atoms with E-state index in [1.165, 1.54) is 0 Å². The summed E-state index contributed by atoms with van der Waals surface area (Å²) in [4.78, 5) is 11.9. The number of halogens is 1. The molecule has 2 rings (SSSR count). The van der Waals surface area contributed by atoms with Crippen molar-refractivity contribution in [3.63, 3.8) is 0 Å². The summed E-state index contributed by atoms with van der Waals surface area (Å²) in [6, 6.07) is 5.12.